The molecule has 0 aliphatic rings. The van der Waals surface area contributed by atoms with Crippen molar-refractivity contribution in [2.45, 2.75) is 19.4 Å². The van der Waals surface area contributed by atoms with E-state index < -0.39 is 0 Å². The Morgan fingerprint density at radius 3 is 2.47 bits per heavy atom. The second kappa shape index (κ2) is 6.36. The molecule has 2 rings (SSSR count). The molecule has 0 aromatic heterocycles. The van der Waals surface area contributed by atoms with Crippen LogP contribution in [0, 0.1) is 6.92 Å². The second-order valence-electron chi connectivity index (χ2n) is 4.69. The van der Waals surface area contributed by atoms with Gasteiger partial charge in [-0.2, -0.15) is 0 Å². The number of nitrogens with two attached hydrogens (primary N) is 1. The normalized spacial score (nSPS) is 12.2. The molecule has 3 heteroatoms. The smallest absolute Gasteiger partial charge is 0.118 e. The van der Waals surface area contributed by atoms with Gasteiger partial charge in [-0.05, 0) is 36.6 Å². The number of hydrogen-bond acceptors (Lipinski definition) is 3. The maximum Gasteiger partial charge on any atom is 0.118 e. The molecule has 1 atom stereocenters. The van der Waals surface area contributed by atoms with Gasteiger partial charge in [-0.3, -0.25) is 11.3 Å². The van der Waals surface area contributed by atoms with Gasteiger partial charge in [0.1, 0.15) is 5.75 Å². The third-order valence-electron chi connectivity index (χ3n) is 3.24. The van der Waals surface area contributed by atoms with Gasteiger partial charge in [0, 0.05) is 6.04 Å². The van der Waals surface area contributed by atoms with E-state index in [1.165, 1.54) is 16.7 Å². The fraction of sp³-hybridized carbons (Fsp3) is 0.250. The van der Waals surface area contributed by atoms with E-state index in [1.807, 2.05) is 12.1 Å². The fourth-order valence-corrected chi connectivity index (χ4v) is 2.16. The zero-order chi connectivity index (χ0) is 13.7. The monoisotopic (exact) mass is 256 g/mol. The predicted molar refractivity (Wildman–Crippen MR) is 77.9 cm³/mol. The van der Waals surface area contributed by atoms with Crippen molar-refractivity contribution in [3.05, 3.63) is 65.2 Å². The summed E-state index contributed by atoms with van der Waals surface area (Å²) in [6, 6.07) is 16.6. The van der Waals surface area contributed by atoms with Gasteiger partial charge in [-0.15, -0.1) is 0 Å². The zero-order valence-corrected chi connectivity index (χ0v) is 11.4. The highest BCUT2D eigenvalue weighted by Gasteiger charge is 2.10. The molecule has 3 nitrogen and oxygen atoms in total. The van der Waals surface area contributed by atoms with Crippen LogP contribution in [0.4, 0.5) is 0 Å². The van der Waals surface area contributed by atoms with Crippen molar-refractivity contribution in [1.82, 2.24) is 5.43 Å². The molecule has 0 saturated carbocycles. The standard InChI is InChI=1S/C16H20N2O/c1-12-4-3-5-14(10-12)16(18-17)11-13-6-8-15(19-2)9-7-13/h3-10,16,18H,11,17H2,1-2H3. The van der Waals surface area contributed by atoms with E-state index in [4.69, 9.17) is 10.6 Å². The molecular formula is C16H20N2O. The number of hydrogen-bond donors (Lipinski definition) is 2. The molecule has 3 N–H and O–H groups in total. The van der Waals surface area contributed by atoms with Crippen molar-refractivity contribution in [2.24, 2.45) is 5.84 Å². The van der Waals surface area contributed by atoms with Gasteiger partial charge >= 0.3 is 0 Å². The van der Waals surface area contributed by atoms with Gasteiger partial charge in [0.15, 0.2) is 0 Å². The Hall–Kier alpha value is -1.84. The largest absolute Gasteiger partial charge is 0.497 e. The van der Waals surface area contributed by atoms with E-state index in [0.717, 1.165) is 12.2 Å². The molecular weight excluding hydrogens is 236 g/mol. The Bertz CT molecular complexity index is 523. The lowest BCUT2D eigenvalue weighted by Crippen LogP contribution is -2.29. The summed E-state index contributed by atoms with van der Waals surface area (Å²) in [6.07, 6.45) is 0.851. The molecule has 0 aliphatic carbocycles. The number of hydrazine groups is 1. The van der Waals surface area contributed by atoms with E-state index in [9.17, 15) is 0 Å². The maximum atomic E-state index is 5.68. The van der Waals surface area contributed by atoms with E-state index in [2.05, 4.69) is 48.7 Å². The summed E-state index contributed by atoms with van der Waals surface area (Å²) in [6.45, 7) is 2.09. The molecule has 19 heavy (non-hydrogen) atoms. The molecule has 2 aromatic rings. The highest BCUT2D eigenvalue weighted by Crippen LogP contribution is 2.20. The molecule has 0 spiro atoms. The molecule has 0 amide bonds. The third-order valence-corrected chi connectivity index (χ3v) is 3.24. The number of benzene rings is 2. The van der Waals surface area contributed by atoms with Crippen LogP contribution in [-0.4, -0.2) is 7.11 Å². The highest BCUT2D eigenvalue weighted by molar-refractivity contribution is 5.30. The average molecular weight is 256 g/mol. The van der Waals surface area contributed by atoms with Crippen LogP contribution in [0.3, 0.4) is 0 Å². The predicted octanol–water partition coefficient (Wildman–Crippen LogP) is 2.75. The second-order valence-corrected chi connectivity index (χ2v) is 4.69. The van der Waals surface area contributed by atoms with E-state index in [-0.39, 0.29) is 6.04 Å². The summed E-state index contributed by atoms with van der Waals surface area (Å²) >= 11 is 0. The summed E-state index contributed by atoms with van der Waals surface area (Å²) in [4.78, 5) is 0. The molecule has 0 aliphatic heterocycles. The maximum absolute atomic E-state index is 5.68. The minimum Gasteiger partial charge on any atom is -0.497 e. The number of methoxy groups -OCH3 is 1. The first kappa shape index (κ1) is 13.6. The van der Waals surface area contributed by atoms with Crippen molar-refractivity contribution in [1.29, 1.82) is 0 Å². The fourth-order valence-electron chi connectivity index (χ4n) is 2.16. The number of rotatable bonds is 5. The lowest BCUT2D eigenvalue weighted by molar-refractivity contribution is 0.414. The molecule has 0 bridgehead atoms. The van der Waals surface area contributed by atoms with Crippen LogP contribution in [0.1, 0.15) is 22.7 Å². The van der Waals surface area contributed by atoms with Gasteiger partial charge in [-0.1, -0.05) is 42.0 Å². The van der Waals surface area contributed by atoms with Crippen molar-refractivity contribution >= 4 is 0 Å². The van der Waals surface area contributed by atoms with Crippen LogP contribution in [0.5, 0.6) is 5.75 Å². The lowest BCUT2D eigenvalue weighted by atomic mass is 9.98. The first-order valence-electron chi connectivity index (χ1n) is 6.38. The van der Waals surface area contributed by atoms with E-state index in [0.29, 0.717) is 0 Å². The van der Waals surface area contributed by atoms with Gasteiger partial charge in [0.2, 0.25) is 0 Å². The molecule has 0 radical (unpaired) electrons. The van der Waals surface area contributed by atoms with Gasteiger partial charge in [0.25, 0.3) is 0 Å². The minimum atomic E-state index is 0.119. The first-order valence-corrected chi connectivity index (χ1v) is 6.38. The lowest BCUT2D eigenvalue weighted by Gasteiger charge is -2.17. The van der Waals surface area contributed by atoms with Crippen molar-refractivity contribution < 1.29 is 4.74 Å². The van der Waals surface area contributed by atoms with Gasteiger partial charge in [0.05, 0.1) is 7.11 Å². The molecule has 100 valence electrons. The Balaban J connectivity index is 2.14. The molecule has 2 aromatic carbocycles. The van der Waals surface area contributed by atoms with E-state index in [1.54, 1.807) is 7.11 Å². The van der Waals surface area contributed by atoms with Crippen LogP contribution in [0.2, 0.25) is 0 Å². The summed E-state index contributed by atoms with van der Waals surface area (Å²) in [5.74, 6) is 6.56. The molecule has 0 fully saturated rings. The van der Waals surface area contributed by atoms with E-state index >= 15 is 0 Å². The first-order chi connectivity index (χ1) is 9.22. The Morgan fingerprint density at radius 1 is 1.16 bits per heavy atom. The summed E-state index contributed by atoms with van der Waals surface area (Å²) in [5, 5.41) is 0. The number of nitrogens with one attached hydrogen (secondary N) is 1. The van der Waals surface area contributed by atoms with Crippen molar-refractivity contribution in [3.8, 4) is 5.75 Å². The minimum absolute atomic E-state index is 0.119. The summed E-state index contributed by atoms with van der Waals surface area (Å²) < 4.78 is 5.16. The molecule has 0 heterocycles. The van der Waals surface area contributed by atoms with Gasteiger partial charge < -0.3 is 4.74 Å². The van der Waals surface area contributed by atoms with Gasteiger partial charge in [-0.25, -0.2) is 0 Å². The molecule has 0 saturated heterocycles. The molecule has 1 unspecified atom stereocenters. The van der Waals surface area contributed by atoms with Crippen LogP contribution < -0.4 is 16.0 Å². The quantitative estimate of drug-likeness (QED) is 0.639. The Morgan fingerprint density at radius 2 is 1.89 bits per heavy atom. The SMILES string of the molecule is COc1ccc(CC(NN)c2cccc(C)c2)cc1. The van der Waals surface area contributed by atoms with Crippen LogP contribution in [-0.2, 0) is 6.42 Å². The van der Waals surface area contributed by atoms with Crippen LogP contribution >= 0.6 is 0 Å². The Labute approximate surface area is 114 Å². The third kappa shape index (κ3) is 3.56. The van der Waals surface area contributed by atoms with Crippen molar-refractivity contribution in [2.75, 3.05) is 7.11 Å². The van der Waals surface area contributed by atoms with Crippen LogP contribution in [0.25, 0.3) is 0 Å². The Kier molecular flexibility index (Phi) is 4.55. The van der Waals surface area contributed by atoms with Crippen LogP contribution in [0.15, 0.2) is 48.5 Å². The number of ether oxygens (including phenoxy) is 1. The topological polar surface area (TPSA) is 47.3 Å². The zero-order valence-electron chi connectivity index (χ0n) is 11.4. The summed E-state index contributed by atoms with van der Waals surface area (Å²) in [7, 11) is 1.67. The average Bonchev–Trinajstić information content (AvgIpc) is 2.45. The summed E-state index contributed by atoms with van der Waals surface area (Å²) in [5.41, 5.74) is 6.57. The van der Waals surface area contributed by atoms with Crippen molar-refractivity contribution in [3.63, 3.8) is 0 Å². The highest BCUT2D eigenvalue weighted by atomic mass is 16.5. The number of aryl methyl sites for hydroxylation is 1.